The molecule has 2 nitrogen and oxygen atoms in total. The molecule has 3 heteroatoms. The Bertz CT molecular complexity index is 388. The van der Waals surface area contributed by atoms with Crippen LogP contribution in [0.2, 0.25) is 0 Å². The number of halogens is 1. The van der Waals surface area contributed by atoms with Gasteiger partial charge in [-0.2, -0.15) is 0 Å². The Morgan fingerprint density at radius 1 is 1.47 bits per heavy atom. The van der Waals surface area contributed by atoms with E-state index < -0.39 is 0 Å². The van der Waals surface area contributed by atoms with Crippen molar-refractivity contribution in [2.75, 3.05) is 26.8 Å². The van der Waals surface area contributed by atoms with E-state index in [0.717, 1.165) is 24.2 Å². The Labute approximate surface area is 112 Å². The van der Waals surface area contributed by atoms with Crippen LogP contribution in [0, 0.1) is 6.92 Å². The lowest BCUT2D eigenvalue weighted by atomic mass is 10.1. The summed E-state index contributed by atoms with van der Waals surface area (Å²) in [6.45, 7) is 6.77. The molecule has 0 radical (unpaired) electrons. The van der Waals surface area contributed by atoms with E-state index in [1.807, 2.05) is 0 Å². The van der Waals surface area contributed by atoms with E-state index in [-0.39, 0.29) is 0 Å². The lowest BCUT2D eigenvalue weighted by Gasteiger charge is -2.05. The second kappa shape index (κ2) is 7.64. The molecule has 0 aliphatic rings. The molecule has 0 atom stereocenters. The summed E-state index contributed by atoms with van der Waals surface area (Å²) in [7, 11) is 1.72. The summed E-state index contributed by atoms with van der Waals surface area (Å²) in [6, 6.07) is 6.41. The maximum atomic E-state index is 4.98. The topological polar surface area (TPSA) is 21.3 Å². The largest absolute Gasteiger partial charge is 0.383 e. The fraction of sp³-hybridized carbons (Fsp3) is 0.429. The number of hydrogen-bond acceptors (Lipinski definition) is 2. The Morgan fingerprint density at radius 3 is 2.88 bits per heavy atom. The molecule has 94 valence electrons. The molecule has 1 N–H and O–H groups in total. The Hall–Kier alpha value is -0.640. The molecule has 1 aromatic rings. The lowest BCUT2D eigenvalue weighted by molar-refractivity contribution is 0.200. The Balaban J connectivity index is 2.52. The predicted octanol–water partition coefficient (Wildman–Crippen LogP) is 3.40. The summed E-state index contributed by atoms with van der Waals surface area (Å²) < 4.78 is 6.14. The molecule has 0 amide bonds. The number of benzene rings is 1. The summed E-state index contributed by atoms with van der Waals surface area (Å²) in [4.78, 5) is 0. The normalized spacial score (nSPS) is 11.9. The second-order valence-electron chi connectivity index (χ2n) is 4.17. The van der Waals surface area contributed by atoms with Crippen molar-refractivity contribution in [1.29, 1.82) is 0 Å². The average molecular weight is 298 g/mol. The van der Waals surface area contributed by atoms with E-state index >= 15 is 0 Å². The smallest absolute Gasteiger partial charge is 0.0587 e. The van der Waals surface area contributed by atoms with E-state index in [1.54, 1.807) is 7.11 Å². The lowest BCUT2D eigenvalue weighted by Crippen LogP contribution is -2.20. The number of nitrogens with one attached hydrogen (secondary N) is 1. The molecule has 0 heterocycles. The minimum Gasteiger partial charge on any atom is -0.383 e. The Morgan fingerprint density at radius 2 is 2.24 bits per heavy atom. The molecule has 0 fully saturated rings. The number of ether oxygens (including phenoxy) is 1. The van der Waals surface area contributed by atoms with Gasteiger partial charge >= 0.3 is 0 Å². The van der Waals surface area contributed by atoms with Crippen LogP contribution in [0.1, 0.15) is 18.1 Å². The van der Waals surface area contributed by atoms with Gasteiger partial charge in [-0.3, -0.25) is 0 Å². The highest BCUT2D eigenvalue weighted by atomic mass is 79.9. The molecule has 0 aromatic heterocycles. The van der Waals surface area contributed by atoms with Gasteiger partial charge in [-0.05, 0) is 31.0 Å². The maximum Gasteiger partial charge on any atom is 0.0587 e. The molecule has 0 saturated heterocycles. The van der Waals surface area contributed by atoms with Gasteiger partial charge in [0.2, 0.25) is 0 Å². The van der Waals surface area contributed by atoms with Crippen LogP contribution in [-0.2, 0) is 4.74 Å². The van der Waals surface area contributed by atoms with Crippen LogP contribution in [0.5, 0.6) is 0 Å². The molecule has 0 aliphatic heterocycles. The molecular formula is C14H20BrNO. The molecule has 0 aliphatic carbocycles. The molecule has 1 rings (SSSR count). The van der Waals surface area contributed by atoms with Gasteiger partial charge in [-0.25, -0.2) is 0 Å². The quantitative estimate of drug-likeness (QED) is 0.813. The van der Waals surface area contributed by atoms with Crippen LogP contribution in [0.25, 0.3) is 6.08 Å². The van der Waals surface area contributed by atoms with Crippen LogP contribution >= 0.6 is 15.9 Å². The summed E-state index contributed by atoms with van der Waals surface area (Å²) >= 11 is 3.55. The minimum atomic E-state index is 0.753. The van der Waals surface area contributed by atoms with Gasteiger partial charge in [0.25, 0.3) is 0 Å². The highest BCUT2D eigenvalue weighted by Crippen LogP contribution is 2.19. The van der Waals surface area contributed by atoms with Crippen molar-refractivity contribution < 1.29 is 4.74 Å². The molecular weight excluding hydrogens is 278 g/mol. The van der Waals surface area contributed by atoms with E-state index in [2.05, 4.69) is 59.4 Å². The summed E-state index contributed by atoms with van der Waals surface area (Å²) in [5, 5.41) is 3.33. The van der Waals surface area contributed by atoms with E-state index in [9.17, 15) is 0 Å². The zero-order chi connectivity index (χ0) is 12.7. The van der Waals surface area contributed by atoms with Gasteiger partial charge < -0.3 is 10.1 Å². The fourth-order valence-corrected chi connectivity index (χ4v) is 1.89. The predicted molar refractivity (Wildman–Crippen MR) is 77.3 cm³/mol. The zero-order valence-corrected chi connectivity index (χ0v) is 12.3. The first-order chi connectivity index (χ1) is 8.13. The monoisotopic (exact) mass is 297 g/mol. The van der Waals surface area contributed by atoms with Crippen LogP contribution in [-0.4, -0.2) is 26.8 Å². The third-order valence-corrected chi connectivity index (χ3v) is 3.35. The standard InChI is InChI=1S/C14H20BrNO/c1-11(10-16-6-7-17-3)8-13-5-4-12(2)14(15)9-13/h4-5,8-9,16H,6-7,10H2,1-3H3/b11-8+. The SMILES string of the molecule is COCCNC/C(C)=C/c1ccc(C)c(Br)c1. The third kappa shape index (κ3) is 5.48. The van der Waals surface area contributed by atoms with Crippen molar-refractivity contribution >= 4 is 22.0 Å². The van der Waals surface area contributed by atoms with Crippen molar-refractivity contribution in [3.8, 4) is 0 Å². The van der Waals surface area contributed by atoms with E-state index in [0.29, 0.717) is 0 Å². The number of rotatable bonds is 6. The van der Waals surface area contributed by atoms with Gasteiger partial charge in [0.1, 0.15) is 0 Å². The van der Waals surface area contributed by atoms with E-state index in [1.165, 1.54) is 16.7 Å². The number of methoxy groups -OCH3 is 1. The summed E-state index contributed by atoms with van der Waals surface area (Å²) in [5.74, 6) is 0. The summed E-state index contributed by atoms with van der Waals surface area (Å²) in [6.07, 6.45) is 2.20. The van der Waals surface area contributed by atoms with Gasteiger partial charge in [-0.15, -0.1) is 0 Å². The Kier molecular flexibility index (Phi) is 6.48. The van der Waals surface area contributed by atoms with Crippen molar-refractivity contribution in [2.45, 2.75) is 13.8 Å². The highest BCUT2D eigenvalue weighted by molar-refractivity contribution is 9.10. The molecule has 0 saturated carbocycles. The maximum absolute atomic E-state index is 4.98. The van der Waals surface area contributed by atoms with E-state index in [4.69, 9.17) is 4.74 Å². The molecule has 0 bridgehead atoms. The van der Waals surface area contributed by atoms with Crippen molar-refractivity contribution in [3.63, 3.8) is 0 Å². The van der Waals surface area contributed by atoms with Gasteiger partial charge in [0, 0.05) is 24.7 Å². The van der Waals surface area contributed by atoms with Crippen molar-refractivity contribution in [2.24, 2.45) is 0 Å². The highest BCUT2D eigenvalue weighted by Gasteiger charge is 1.96. The first-order valence-electron chi connectivity index (χ1n) is 5.76. The van der Waals surface area contributed by atoms with Crippen LogP contribution < -0.4 is 5.32 Å². The number of hydrogen-bond donors (Lipinski definition) is 1. The third-order valence-electron chi connectivity index (χ3n) is 2.50. The molecule has 1 aromatic carbocycles. The number of aryl methyl sites for hydroxylation is 1. The molecule has 0 spiro atoms. The average Bonchev–Trinajstić information content (AvgIpc) is 2.30. The van der Waals surface area contributed by atoms with Crippen LogP contribution in [0.15, 0.2) is 28.2 Å². The van der Waals surface area contributed by atoms with Crippen molar-refractivity contribution in [1.82, 2.24) is 5.32 Å². The zero-order valence-electron chi connectivity index (χ0n) is 10.7. The molecule has 17 heavy (non-hydrogen) atoms. The first kappa shape index (κ1) is 14.4. The fourth-order valence-electron chi connectivity index (χ4n) is 1.49. The minimum absolute atomic E-state index is 0.753. The summed E-state index contributed by atoms with van der Waals surface area (Å²) in [5.41, 5.74) is 3.81. The van der Waals surface area contributed by atoms with Crippen LogP contribution in [0.3, 0.4) is 0 Å². The first-order valence-corrected chi connectivity index (χ1v) is 6.55. The molecule has 0 unspecified atom stereocenters. The van der Waals surface area contributed by atoms with Crippen LogP contribution in [0.4, 0.5) is 0 Å². The van der Waals surface area contributed by atoms with Gasteiger partial charge in [0.05, 0.1) is 6.61 Å². The van der Waals surface area contributed by atoms with Crippen molar-refractivity contribution in [3.05, 3.63) is 39.4 Å². The van der Waals surface area contributed by atoms with Gasteiger partial charge in [-0.1, -0.05) is 39.7 Å². The van der Waals surface area contributed by atoms with Gasteiger partial charge in [0.15, 0.2) is 0 Å². The second-order valence-corrected chi connectivity index (χ2v) is 5.02.